The first-order valence-corrected chi connectivity index (χ1v) is 6.69. The van der Waals surface area contributed by atoms with Crippen molar-refractivity contribution < 1.29 is 0 Å². The van der Waals surface area contributed by atoms with E-state index in [4.69, 9.17) is 0 Å². The molecular formula is C16H16N4O. The molecule has 0 saturated carbocycles. The first kappa shape index (κ1) is 13.2. The maximum absolute atomic E-state index is 12.7. The summed E-state index contributed by atoms with van der Waals surface area (Å²) in [4.78, 5) is 16.7. The second-order valence-electron chi connectivity index (χ2n) is 4.80. The van der Waals surface area contributed by atoms with E-state index in [9.17, 15) is 4.79 Å². The Morgan fingerprint density at radius 2 is 1.86 bits per heavy atom. The monoisotopic (exact) mass is 280 g/mol. The molecular weight excluding hydrogens is 264 g/mol. The minimum atomic E-state index is -0.0787. The molecule has 0 aliphatic carbocycles. The molecule has 3 rings (SSSR count). The Morgan fingerprint density at radius 1 is 1.10 bits per heavy atom. The maximum atomic E-state index is 12.7. The highest BCUT2D eigenvalue weighted by atomic mass is 16.1. The van der Waals surface area contributed by atoms with Gasteiger partial charge in [-0.3, -0.25) is 14.5 Å². The van der Waals surface area contributed by atoms with Gasteiger partial charge in [0.15, 0.2) is 0 Å². The summed E-state index contributed by atoms with van der Waals surface area (Å²) in [5, 5.41) is 3.15. The Balaban J connectivity index is 2.10. The van der Waals surface area contributed by atoms with Crippen LogP contribution in [-0.2, 0) is 7.05 Å². The number of nitrogens with zero attached hydrogens (tertiary/aromatic N) is 3. The largest absolute Gasteiger partial charge is 0.348 e. The SMILES string of the molecule is Cc1c(Nc2cccnc2)c(=O)n(-c2ccccc2)n1C. The fraction of sp³-hybridized carbons (Fsp3) is 0.125. The quantitative estimate of drug-likeness (QED) is 0.802. The van der Waals surface area contributed by atoms with Gasteiger partial charge in [0.1, 0.15) is 5.69 Å². The highest BCUT2D eigenvalue weighted by Crippen LogP contribution is 2.18. The predicted octanol–water partition coefficient (Wildman–Crippen LogP) is 2.62. The first-order chi connectivity index (χ1) is 10.2. The number of hydrogen-bond donors (Lipinski definition) is 1. The Labute approximate surface area is 122 Å². The lowest BCUT2D eigenvalue weighted by Crippen LogP contribution is -2.20. The third-order valence-electron chi connectivity index (χ3n) is 3.49. The smallest absolute Gasteiger partial charge is 0.295 e. The van der Waals surface area contributed by atoms with Crippen LogP contribution >= 0.6 is 0 Å². The standard InChI is InChI=1S/C16H16N4O/c1-12-15(18-13-7-6-10-17-11-13)16(21)20(19(12)2)14-8-4-3-5-9-14/h3-11,18H,1-2H3. The minimum absolute atomic E-state index is 0.0787. The molecule has 5 nitrogen and oxygen atoms in total. The van der Waals surface area contributed by atoms with E-state index in [1.54, 1.807) is 17.1 Å². The van der Waals surface area contributed by atoms with Crippen LogP contribution in [0.1, 0.15) is 5.69 Å². The summed E-state index contributed by atoms with van der Waals surface area (Å²) < 4.78 is 3.49. The van der Waals surface area contributed by atoms with Crippen molar-refractivity contribution in [2.45, 2.75) is 6.92 Å². The van der Waals surface area contributed by atoms with E-state index in [0.29, 0.717) is 5.69 Å². The van der Waals surface area contributed by atoms with Crippen LogP contribution in [0.4, 0.5) is 11.4 Å². The molecule has 3 aromatic rings. The molecule has 0 atom stereocenters. The first-order valence-electron chi connectivity index (χ1n) is 6.69. The Morgan fingerprint density at radius 3 is 2.52 bits per heavy atom. The highest BCUT2D eigenvalue weighted by molar-refractivity contribution is 5.60. The average molecular weight is 280 g/mol. The van der Waals surface area contributed by atoms with Crippen molar-refractivity contribution in [1.82, 2.24) is 14.3 Å². The molecule has 0 radical (unpaired) electrons. The molecule has 0 fully saturated rings. The summed E-state index contributed by atoms with van der Waals surface area (Å²) in [7, 11) is 1.87. The van der Waals surface area contributed by atoms with Gasteiger partial charge < -0.3 is 5.32 Å². The predicted molar refractivity (Wildman–Crippen MR) is 83.3 cm³/mol. The fourth-order valence-corrected chi connectivity index (χ4v) is 2.29. The van der Waals surface area contributed by atoms with Crippen LogP contribution < -0.4 is 10.9 Å². The van der Waals surface area contributed by atoms with E-state index in [0.717, 1.165) is 17.1 Å². The second-order valence-corrected chi connectivity index (χ2v) is 4.80. The van der Waals surface area contributed by atoms with E-state index in [1.807, 2.05) is 61.1 Å². The molecule has 5 heteroatoms. The van der Waals surface area contributed by atoms with Crippen LogP contribution in [0.2, 0.25) is 0 Å². The van der Waals surface area contributed by atoms with Crippen LogP contribution in [-0.4, -0.2) is 14.3 Å². The van der Waals surface area contributed by atoms with Crippen LogP contribution in [0.5, 0.6) is 0 Å². The van der Waals surface area contributed by atoms with Gasteiger partial charge in [-0.15, -0.1) is 0 Å². The molecule has 106 valence electrons. The molecule has 2 aromatic heterocycles. The van der Waals surface area contributed by atoms with Crippen molar-refractivity contribution in [2.75, 3.05) is 5.32 Å². The van der Waals surface area contributed by atoms with Gasteiger partial charge in [-0.2, -0.15) is 0 Å². The number of benzene rings is 1. The summed E-state index contributed by atoms with van der Waals surface area (Å²) in [6.07, 6.45) is 3.39. The van der Waals surface area contributed by atoms with Crippen molar-refractivity contribution in [1.29, 1.82) is 0 Å². The van der Waals surface area contributed by atoms with Crippen molar-refractivity contribution in [3.63, 3.8) is 0 Å². The molecule has 0 saturated heterocycles. The molecule has 0 aliphatic rings. The van der Waals surface area contributed by atoms with E-state index in [-0.39, 0.29) is 5.56 Å². The van der Waals surface area contributed by atoms with Gasteiger partial charge in [0, 0.05) is 13.2 Å². The molecule has 0 unspecified atom stereocenters. The summed E-state index contributed by atoms with van der Waals surface area (Å²) in [6, 6.07) is 13.3. The highest BCUT2D eigenvalue weighted by Gasteiger charge is 2.15. The van der Waals surface area contributed by atoms with Gasteiger partial charge in [0.05, 0.1) is 23.3 Å². The lowest BCUT2D eigenvalue weighted by Gasteiger charge is -2.07. The van der Waals surface area contributed by atoms with Crippen LogP contribution in [0.15, 0.2) is 59.7 Å². The Kier molecular flexibility index (Phi) is 3.31. The van der Waals surface area contributed by atoms with Crippen molar-refractivity contribution in [3.8, 4) is 5.69 Å². The molecule has 1 N–H and O–H groups in total. The number of hydrogen-bond acceptors (Lipinski definition) is 3. The van der Waals surface area contributed by atoms with Crippen LogP contribution in [0.25, 0.3) is 5.69 Å². The van der Waals surface area contributed by atoms with Gasteiger partial charge in [-0.25, -0.2) is 4.68 Å². The zero-order chi connectivity index (χ0) is 14.8. The summed E-state index contributed by atoms with van der Waals surface area (Å²) >= 11 is 0. The van der Waals surface area contributed by atoms with Gasteiger partial charge in [-0.05, 0) is 31.2 Å². The summed E-state index contributed by atoms with van der Waals surface area (Å²) in [6.45, 7) is 1.92. The van der Waals surface area contributed by atoms with E-state index in [2.05, 4.69) is 10.3 Å². The molecule has 0 spiro atoms. The van der Waals surface area contributed by atoms with Gasteiger partial charge >= 0.3 is 0 Å². The molecule has 0 amide bonds. The topological polar surface area (TPSA) is 51.9 Å². The fourth-order valence-electron chi connectivity index (χ4n) is 2.29. The lowest BCUT2D eigenvalue weighted by molar-refractivity contribution is 0.630. The normalized spacial score (nSPS) is 10.6. The van der Waals surface area contributed by atoms with Crippen molar-refractivity contribution in [3.05, 3.63) is 70.9 Å². The zero-order valence-corrected chi connectivity index (χ0v) is 11.9. The van der Waals surface area contributed by atoms with Gasteiger partial charge in [0.25, 0.3) is 5.56 Å². The lowest BCUT2D eigenvalue weighted by atomic mass is 10.3. The zero-order valence-electron chi connectivity index (χ0n) is 11.9. The number of aromatic nitrogens is 3. The van der Waals surface area contributed by atoms with Crippen LogP contribution in [0.3, 0.4) is 0 Å². The second kappa shape index (κ2) is 5.28. The van der Waals surface area contributed by atoms with Gasteiger partial charge in [0.2, 0.25) is 0 Å². The van der Waals surface area contributed by atoms with E-state index >= 15 is 0 Å². The number of para-hydroxylation sites is 1. The molecule has 0 bridgehead atoms. The van der Waals surface area contributed by atoms with Gasteiger partial charge in [-0.1, -0.05) is 18.2 Å². The Bertz CT molecular complexity index is 804. The molecule has 2 heterocycles. The van der Waals surface area contributed by atoms with Crippen molar-refractivity contribution >= 4 is 11.4 Å². The molecule has 0 aliphatic heterocycles. The third kappa shape index (κ3) is 2.33. The molecule has 21 heavy (non-hydrogen) atoms. The average Bonchev–Trinajstić information content (AvgIpc) is 2.73. The van der Waals surface area contributed by atoms with E-state index < -0.39 is 0 Å². The number of anilines is 2. The number of rotatable bonds is 3. The summed E-state index contributed by atoms with van der Waals surface area (Å²) in [5.41, 5.74) is 2.99. The maximum Gasteiger partial charge on any atom is 0.295 e. The Hall–Kier alpha value is -2.82. The summed E-state index contributed by atoms with van der Waals surface area (Å²) in [5.74, 6) is 0. The van der Waals surface area contributed by atoms with Crippen LogP contribution in [0, 0.1) is 6.92 Å². The number of pyridine rings is 1. The molecule has 1 aromatic carbocycles. The minimum Gasteiger partial charge on any atom is -0.348 e. The number of nitrogens with one attached hydrogen (secondary N) is 1. The van der Waals surface area contributed by atoms with E-state index in [1.165, 1.54) is 0 Å². The van der Waals surface area contributed by atoms with Crippen molar-refractivity contribution in [2.24, 2.45) is 7.05 Å². The third-order valence-corrected chi connectivity index (χ3v) is 3.49.